The first-order chi connectivity index (χ1) is 30.6. The summed E-state index contributed by atoms with van der Waals surface area (Å²) >= 11 is 3.62. The van der Waals surface area contributed by atoms with Gasteiger partial charge in [-0.1, -0.05) is 121 Å². The number of thiophene rings is 2. The summed E-state index contributed by atoms with van der Waals surface area (Å²) in [5, 5.41) is 26.2. The van der Waals surface area contributed by atoms with E-state index >= 15 is 0 Å². The van der Waals surface area contributed by atoms with Crippen LogP contribution in [0.15, 0.2) is 206 Å². The van der Waals surface area contributed by atoms with Crippen LogP contribution in [-0.2, 0) is 0 Å². The molecule has 2 aromatic heterocycles. The van der Waals surface area contributed by atoms with Crippen LogP contribution in [0.2, 0.25) is 0 Å². The van der Waals surface area contributed by atoms with E-state index in [1.54, 1.807) is 0 Å². The molecule has 9 aromatic carbocycles. The lowest BCUT2D eigenvalue weighted by molar-refractivity contribution is 1.22. The van der Waals surface area contributed by atoms with Gasteiger partial charge in [-0.2, -0.15) is 10.5 Å². The smallest absolute Gasteiger partial charge is 0.101 e. The molecule has 0 aliphatic carbocycles. The van der Waals surface area contributed by atoms with Crippen molar-refractivity contribution in [3.05, 3.63) is 217 Å². The zero-order valence-corrected chi connectivity index (χ0v) is 34.9. The van der Waals surface area contributed by atoms with Crippen LogP contribution in [0.3, 0.4) is 0 Å². The third-order valence-electron chi connectivity index (χ3n) is 11.5. The van der Waals surface area contributed by atoms with Gasteiger partial charge in [-0.25, -0.2) is 0 Å². The third-order valence-corrected chi connectivity index (χ3v) is 13.8. The summed E-state index contributed by atoms with van der Waals surface area (Å²) in [6.07, 6.45) is 0. The molecule has 0 aliphatic rings. The van der Waals surface area contributed by atoms with Gasteiger partial charge in [-0.15, -0.1) is 22.7 Å². The predicted molar refractivity (Wildman–Crippen MR) is 262 cm³/mol. The highest BCUT2D eigenvalue weighted by Crippen LogP contribution is 2.48. The van der Waals surface area contributed by atoms with Crippen molar-refractivity contribution in [2.24, 2.45) is 0 Å². The van der Waals surface area contributed by atoms with Crippen molar-refractivity contribution in [2.75, 3.05) is 9.80 Å². The Morgan fingerprint density at radius 1 is 0.306 bits per heavy atom. The fourth-order valence-corrected chi connectivity index (χ4v) is 10.9. The van der Waals surface area contributed by atoms with Gasteiger partial charge in [0.2, 0.25) is 0 Å². The summed E-state index contributed by atoms with van der Waals surface area (Å²) in [5.41, 5.74) is 10.2. The van der Waals surface area contributed by atoms with Gasteiger partial charge in [-0.05, 0) is 107 Å². The fraction of sp³-hybridized carbons (Fsp3) is 0. The SMILES string of the molecule is N#Cc1cc(N(c2ccccc2)c2cccc(-c3ccc4c(c3)sc3ccccc34)c2)c(N(c2ccccc2)c2cccc(-c3ccc4c(c3)sc3ccccc34)c2)cc1C#N. The van der Waals surface area contributed by atoms with E-state index in [1.807, 2.05) is 71.2 Å². The molecule has 0 aliphatic heterocycles. The molecule has 6 heteroatoms. The molecular weight excluding hydrogens is 793 g/mol. The van der Waals surface area contributed by atoms with Gasteiger partial charge in [0.1, 0.15) is 12.1 Å². The number of anilines is 6. The van der Waals surface area contributed by atoms with Crippen LogP contribution >= 0.6 is 22.7 Å². The van der Waals surface area contributed by atoms with E-state index in [9.17, 15) is 10.5 Å². The van der Waals surface area contributed by atoms with Crippen LogP contribution in [0.25, 0.3) is 62.6 Å². The average molecular weight is 827 g/mol. The summed E-state index contributed by atoms with van der Waals surface area (Å²) < 4.78 is 5.03. The summed E-state index contributed by atoms with van der Waals surface area (Å²) in [6.45, 7) is 0. The molecule has 0 fully saturated rings. The highest BCUT2D eigenvalue weighted by Gasteiger charge is 2.25. The van der Waals surface area contributed by atoms with E-state index in [-0.39, 0.29) is 0 Å². The van der Waals surface area contributed by atoms with E-state index in [4.69, 9.17) is 0 Å². The number of benzene rings is 9. The van der Waals surface area contributed by atoms with Gasteiger partial charge in [0.15, 0.2) is 0 Å². The van der Waals surface area contributed by atoms with Crippen molar-refractivity contribution in [3.8, 4) is 34.4 Å². The molecule has 2 heterocycles. The van der Waals surface area contributed by atoms with E-state index in [1.165, 1.54) is 40.3 Å². The lowest BCUT2D eigenvalue weighted by Crippen LogP contribution is -2.18. The maximum Gasteiger partial charge on any atom is 0.101 e. The second-order valence-electron chi connectivity index (χ2n) is 15.2. The quantitative estimate of drug-likeness (QED) is 0.153. The second-order valence-corrected chi connectivity index (χ2v) is 17.3. The lowest BCUT2D eigenvalue weighted by atomic mass is 10.00. The van der Waals surface area contributed by atoms with Gasteiger partial charge in [0, 0.05) is 63.1 Å². The summed E-state index contributed by atoms with van der Waals surface area (Å²) in [7, 11) is 0. The van der Waals surface area contributed by atoms with Crippen LogP contribution in [0.1, 0.15) is 11.1 Å². The van der Waals surface area contributed by atoms with Crippen molar-refractivity contribution in [2.45, 2.75) is 0 Å². The molecule has 0 spiro atoms. The standard InChI is InChI=1S/C56H34N4S2/c57-35-41-31-51(59(43-15-3-1-4-16-43)45-19-11-13-37(29-45)39-25-27-49-47-21-7-9-23-53(47)61-55(49)33-39)52(32-42(41)36-58)60(44-17-5-2-6-18-44)46-20-12-14-38(30-46)40-26-28-50-48-22-8-10-24-54(48)62-56(50)34-40/h1-34H. The Morgan fingerprint density at radius 2 is 0.677 bits per heavy atom. The molecule has 0 atom stereocenters. The Labute approximate surface area is 367 Å². The largest absolute Gasteiger partial charge is 0.308 e. The van der Waals surface area contributed by atoms with Crippen LogP contribution in [0.4, 0.5) is 34.1 Å². The first-order valence-corrected chi connectivity index (χ1v) is 22.0. The molecule has 4 nitrogen and oxygen atoms in total. The van der Waals surface area contributed by atoms with Gasteiger partial charge >= 0.3 is 0 Å². The molecule has 0 N–H and O–H groups in total. The summed E-state index contributed by atoms with van der Waals surface area (Å²) in [4.78, 5) is 4.40. The highest BCUT2D eigenvalue weighted by molar-refractivity contribution is 7.26. The fourth-order valence-electron chi connectivity index (χ4n) is 8.59. The Balaban J connectivity index is 1.10. The highest BCUT2D eigenvalue weighted by atomic mass is 32.1. The number of nitriles is 2. The first kappa shape index (κ1) is 37.0. The van der Waals surface area contributed by atoms with E-state index in [0.717, 1.165) is 56.4 Å². The molecular formula is C56H34N4S2. The van der Waals surface area contributed by atoms with Crippen molar-refractivity contribution < 1.29 is 0 Å². The van der Waals surface area contributed by atoms with Gasteiger partial charge in [-0.3, -0.25) is 0 Å². The van der Waals surface area contributed by atoms with Crippen molar-refractivity contribution >= 4 is 97.1 Å². The first-order valence-electron chi connectivity index (χ1n) is 20.4. The molecule has 0 unspecified atom stereocenters. The molecule has 11 aromatic rings. The zero-order chi connectivity index (χ0) is 41.6. The van der Waals surface area contributed by atoms with Crippen molar-refractivity contribution in [1.82, 2.24) is 0 Å². The molecule has 0 radical (unpaired) electrons. The number of hydrogen-bond acceptors (Lipinski definition) is 6. The number of fused-ring (bicyclic) bond motifs is 6. The topological polar surface area (TPSA) is 54.1 Å². The van der Waals surface area contributed by atoms with Crippen LogP contribution < -0.4 is 9.80 Å². The monoisotopic (exact) mass is 826 g/mol. The Kier molecular flexibility index (Phi) is 9.29. The second kappa shape index (κ2) is 15.6. The summed E-state index contributed by atoms with van der Waals surface area (Å²) in [6, 6.07) is 76.6. The maximum absolute atomic E-state index is 10.5. The molecule has 62 heavy (non-hydrogen) atoms. The number of rotatable bonds is 8. The van der Waals surface area contributed by atoms with E-state index < -0.39 is 0 Å². The van der Waals surface area contributed by atoms with E-state index in [2.05, 4.69) is 180 Å². The molecule has 0 bridgehead atoms. The molecule has 0 amide bonds. The number of nitrogens with zero attached hydrogens (tertiary/aromatic N) is 4. The lowest BCUT2D eigenvalue weighted by Gasteiger charge is -2.34. The van der Waals surface area contributed by atoms with Crippen LogP contribution in [0, 0.1) is 22.7 Å². The average Bonchev–Trinajstić information content (AvgIpc) is 3.90. The van der Waals surface area contributed by atoms with Gasteiger partial charge in [0.05, 0.1) is 22.5 Å². The Morgan fingerprint density at radius 3 is 1.11 bits per heavy atom. The normalized spacial score (nSPS) is 11.2. The third kappa shape index (κ3) is 6.52. The van der Waals surface area contributed by atoms with Crippen molar-refractivity contribution in [3.63, 3.8) is 0 Å². The number of hydrogen-bond donors (Lipinski definition) is 0. The molecule has 0 saturated carbocycles. The minimum Gasteiger partial charge on any atom is -0.308 e. The van der Waals surface area contributed by atoms with Crippen molar-refractivity contribution in [1.29, 1.82) is 10.5 Å². The van der Waals surface area contributed by atoms with Gasteiger partial charge in [0.25, 0.3) is 0 Å². The minimum atomic E-state index is 0.303. The zero-order valence-electron chi connectivity index (χ0n) is 33.2. The molecule has 0 saturated heterocycles. The molecule has 11 rings (SSSR count). The van der Waals surface area contributed by atoms with Crippen LogP contribution in [0.5, 0.6) is 0 Å². The molecule has 290 valence electrons. The Hall–Kier alpha value is -8.00. The van der Waals surface area contributed by atoms with E-state index in [0.29, 0.717) is 11.1 Å². The maximum atomic E-state index is 10.5. The van der Waals surface area contributed by atoms with Crippen LogP contribution in [-0.4, -0.2) is 0 Å². The predicted octanol–water partition coefficient (Wildman–Crippen LogP) is 16.4. The van der Waals surface area contributed by atoms with Gasteiger partial charge < -0.3 is 9.80 Å². The number of para-hydroxylation sites is 2. The summed E-state index contributed by atoms with van der Waals surface area (Å²) in [5.74, 6) is 0. The minimum absolute atomic E-state index is 0.303. The Bertz CT molecular complexity index is 3340.